The summed E-state index contributed by atoms with van der Waals surface area (Å²) >= 11 is 0. The van der Waals surface area contributed by atoms with Crippen molar-refractivity contribution in [3.8, 4) is 5.75 Å². The number of benzene rings is 1. The standard InChI is InChI=1S/C12H19NO2/c1-13-9-11(14)8-7-10-5-3-4-6-12(10)15-2/h3-6,11,13-14H,7-9H2,1-2H3. The molecule has 0 bridgehead atoms. The number of methoxy groups -OCH3 is 1. The summed E-state index contributed by atoms with van der Waals surface area (Å²) in [7, 11) is 3.51. The van der Waals surface area contributed by atoms with Crippen LogP contribution in [0.5, 0.6) is 5.75 Å². The van der Waals surface area contributed by atoms with E-state index in [4.69, 9.17) is 4.74 Å². The molecule has 0 aliphatic carbocycles. The SMILES string of the molecule is CNCC(O)CCc1ccccc1OC. The van der Waals surface area contributed by atoms with Gasteiger partial charge in [-0.1, -0.05) is 18.2 Å². The van der Waals surface area contributed by atoms with Crippen molar-refractivity contribution < 1.29 is 9.84 Å². The maximum atomic E-state index is 9.57. The molecule has 0 spiro atoms. The number of hydrogen-bond donors (Lipinski definition) is 2. The maximum absolute atomic E-state index is 9.57. The van der Waals surface area contributed by atoms with E-state index < -0.39 is 0 Å². The van der Waals surface area contributed by atoms with Gasteiger partial charge < -0.3 is 15.2 Å². The number of aliphatic hydroxyl groups is 1. The lowest BCUT2D eigenvalue weighted by Crippen LogP contribution is -2.23. The third-order valence-electron chi connectivity index (χ3n) is 2.38. The van der Waals surface area contributed by atoms with Crippen LogP contribution in [0.15, 0.2) is 24.3 Å². The molecule has 15 heavy (non-hydrogen) atoms. The lowest BCUT2D eigenvalue weighted by atomic mass is 10.1. The minimum atomic E-state index is -0.292. The van der Waals surface area contributed by atoms with Crippen LogP contribution >= 0.6 is 0 Å². The number of hydrogen-bond acceptors (Lipinski definition) is 3. The first-order valence-corrected chi connectivity index (χ1v) is 5.22. The third kappa shape index (κ3) is 3.90. The second-order valence-corrected chi connectivity index (χ2v) is 3.56. The van der Waals surface area contributed by atoms with E-state index in [0.29, 0.717) is 6.54 Å². The fourth-order valence-corrected chi connectivity index (χ4v) is 1.57. The van der Waals surface area contributed by atoms with E-state index in [1.165, 1.54) is 0 Å². The summed E-state index contributed by atoms with van der Waals surface area (Å²) in [5, 5.41) is 12.5. The zero-order chi connectivity index (χ0) is 11.1. The molecular formula is C12H19NO2. The molecule has 0 saturated heterocycles. The van der Waals surface area contributed by atoms with Crippen molar-refractivity contribution in [1.82, 2.24) is 5.32 Å². The van der Waals surface area contributed by atoms with E-state index in [9.17, 15) is 5.11 Å². The van der Waals surface area contributed by atoms with Gasteiger partial charge in [-0.3, -0.25) is 0 Å². The Labute approximate surface area is 91.1 Å². The fraction of sp³-hybridized carbons (Fsp3) is 0.500. The van der Waals surface area contributed by atoms with Crippen LogP contribution < -0.4 is 10.1 Å². The van der Waals surface area contributed by atoms with Crippen molar-refractivity contribution >= 4 is 0 Å². The topological polar surface area (TPSA) is 41.5 Å². The van der Waals surface area contributed by atoms with Gasteiger partial charge in [0.2, 0.25) is 0 Å². The van der Waals surface area contributed by atoms with Gasteiger partial charge in [-0.25, -0.2) is 0 Å². The highest BCUT2D eigenvalue weighted by Crippen LogP contribution is 2.19. The number of aliphatic hydroxyl groups excluding tert-OH is 1. The molecule has 3 heteroatoms. The average Bonchev–Trinajstić information content (AvgIpc) is 2.27. The zero-order valence-corrected chi connectivity index (χ0v) is 9.36. The Balaban J connectivity index is 2.49. The van der Waals surface area contributed by atoms with E-state index in [-0.39, 0.29) is 6.10 Å². The molecule has 0 saturated carbocycles. The lowest BCUT2D eigenvalue weighted by Gasteiger charge is -2.11. The normalized spacial score (nSPS) is 12.5. The van der Waals surface area contributed by atoms with E-state index in [2.05, 4.69) is 5.32 Å². The highest BCUT2D eigenvalue weighted by Gasteiger charge is 2.06. The van der Waals surface area contributed by atoms with Gasteiger partial charge in [0.15, 0.2) is 0 Å². The van der Waals surface area contributed by atoms with Crippen LogP contribution in [-0.2, 0) is 6.42 Å². The van der Waals surface area contributed by atoms with Crippen molar-refractivity contribution in [2.75, 3.05) is 20.7 Å². The third-order valence-corrected chi connectivity index (χ3v) is 2.38. The predicted molar refractivity (Wildman–Crippen MR) is 61.2 cm³/mol. The number of likely N-dealkylation sites (N-methyl/N-ethyl adjacent to an activating group) is 1. The number of ether oxygens (including phenoxy) is 1. The van der Waals surface area contributed by atoms with Crippen molar-refractivity contribution in [3.63, 3.8) is 0 Å². The largest absolute Gasteiger partial charge is 0.496 e. The highest BCUT2D eigenvalue weighted by atomic mass is 16.5. The molecule has 0 heterocycles. The van der Waals surface area contributed by atoms with Gasteiger partial charge in [-0.15, -0.1) is 0 Å². The van der Waals surface area contributed by atoms with Gasteiger partial charge in [0, 0.05) is 6.54 Å². The summed E-state index contributed by atoms with van der Waals surface area (Å²) in [6, 6.07) is 7.92. The summed E-state index contributed by atoms with van der Waals surface area (Å²) in [4.78, 5) is 0. The first-order valence-electron chi connectivity index (χ1n) is 5.22. The van der Waals surface area contributed by atoms with Crippen LogP contribution in [0.3, 0.4) is 0 Å². The molecule has 0 aromatic heterocycles. The van der Waals surface area contributed by atoms with Gasteiger partial charge in [0.05, 0.1) is 13.2 Å². The van der Waals surface area contributed by atoms with E-state index in [1.807, 2.05) is 31.3 Å². The van der Waals surface area contributed by atoms with E-state index in [1.54, 1.807) is 7.11 Å². The van der Waals surface area contributed by atoms with E-state index in [0.717, 1.165) is 24.2 Å². The zero-order valence-electron chi connectivity index (χ0n) is 9.36. The lowest BCUT2D eigenvalue weighted by molar-refractivity contribution is 0.164. The monoisotopic (exact) mass is 209 g/mol. The molecule has 1 atom stereocenters. The maximum Gasteiger partial charge on any atom is 0.122 e. The Hall–Kier alpha value is -1.06. The highest BCUT2D eigenvalue weighted by molar-refractivity contribution is 5.33. The van der Waals surface area contributed by atoms with Gasteiger partial charge in [0.1, 0.15) is 5.75 Å². The summed E-state index contributed by atoms with van der Waals surface area (Å²) < 4.78 is 5.24. The molecule has 1 aromatic carbocycles. The number of aryl methyl sites for hydroxylation is 1. The first kappa shape index (κ1) is 12.0. The van der Waals surface area contributed by atoms with Gasteiger partial charge in [-0.05, 0) is 31.5 Å². The molecule has 1 unspecified atom stereocenters. The van der Waals surface area contributed by atoms with Crippen LogP contribution in [0.25, 0.3) is 0 Å². The summed E-state index contributed by atoms with van der Waals surface area (Å²) in [5.74, 6) is 0.897. The van der Waals surface area contributed by atoms with Gasteiger partial charge in [0.25, 0.3) is 0 Å². The number of nitrogens with one attached hydrogen (secondary N) is 1. The van der Waals surface area contributed by atoms with E-state index >= 15 is 0 Å². The van der Waals surface area contributed by atoms with Crippen LogP contribution in [0.1, 0.15) is 12.0 Å². The van der Waals surface area contributed by atoms with Crippen molar-refractivity contribution in [1.29, 1.82) is 0 Å². The Morgan fingerprint density at radius 3 is 2.80 bits per heavy atom. The Kier molecular flexibility index (Phi) is 5.15. The number of rotatable bonds is 6. The van der Waals surface area contributed by atoms with Gasteiger partial charge in [-0.2, -0.15) is 0 Å². The quantitative estimate of drug-likeness (QED) is 0.740. The second-order valence-electron chi connectivity index (χ2n) is 3.56. The molecule has 84 valence electrons. The fourth-order valence-electron chi connectivity index (χ4n) is 1.57. The van der Waals surface area contributed by atoms with Crippen molar-refractivity contribution in [3.05, 3.63) is 29.8 Å². The molecule has 3 nitrogen and oxygen atoms in total. The summed E-state index contributed by atoms with van der Waals surface area (Å²) in [6.45, 7) is 0.634. The molecule has 2 N–H and O–H groups in total. The second kappa shape index (κ2) is 6.43. The van der Waals surface area contributed by atoms with Crippen molar-refractivity contribution in [2.24, 2.45) is 0 Å². The molecule has 1 rings (SSSR count). The molecule has 0 aliphatic heterocycles. The minimum absolute atomic E-state index is 0.292. The Bertz CT molecular complexity index is 289. The smallest absolute Gasteiger partial charge is 0.122 e. The first-order chi connectivity index (χ1) is 7.27. The molecule has 0 fully saturated rings. The summed E-state index contributed by atoms with van der Waals surface area (Å²) in [5.41, 5.74) is 1.15. The molecule has 0 amide bonds. The summed E-state index contributed by atoms with van der Waals surface area (Å²) in [6.07, 6.45) is 1.30. The average molecular weight is 209 g/mol. The minimum Gasteiger partial charge on any atom is -0.496 e. The van der Waals surface area contributed by atoms with Crippen LogP contribution in [0.4, 0.5) is 0 Å². The Morgan fingerprint density at radius 1 is 1.40 bits per heavy atom. The number of para-hydroxylation sites is 1. The van der Waals surface area contributed by atoms with Crippen LogP contribution in [0.2, 0.25) is 0 Å². The Morgan fingerprint density at radius 2 is 2.13 bits per heavy atom. The van der Waals surface area contributed by atoms with Crippen molar-refractivity contribution in [2.45, 2.75) is 18.9 Å². The van der Waals surface area contributed by atoms with Crippen LogP contribution in [-0.4, -0.2) is 31.9 Å². The van der Waals surface area contributed by atoms with Gasteiger partial charge >= 0.3 is 0 Å². The predicted octanol–water partition coefficient (Wildman–Crippen LogP) is 1.21. The molecule has 0 radical (unpaired) electrons. The van der Waals surface area contributed by atoms with Crippen LogP contribution in [0, 0.1) is 0 Å². The molecular weight excluding hydrogens is 190 g/mol. The molecule has 1 aromatic rings. The molecule has 0 aliphatic rings.